The molecule has 0 aromatic rings. The Hall–Kier alpha value is -0.570. The van der Waals surface area contributed by atoms with Gasteiger partial charge in [0.05, 0.1) is 0 Å². The van der Waals surface area contributed by atoms with Gasteiger partial charge < -0.3 is 10.2 Å². The zero-order chi connectivity index (χ0) is 9.31. The molecule has 1 atom stereocenters. The van der Waals surface area contributed by atoms with Crippen molar-refractivity contribution >= 4 is 5.91 Å². The Morgan fingerprint density at radius 1 is 1.54 bits per heavy atom. The van der Waals surface area contributed by atoms with E-state index in [2.05, 4.69) is 5.32 Å². The standard InChI is InChI=1S/C10H18N2O/c1-2-9(13)12-6-4-10(8-12)3-5-11-7-10/h11H,2-8H2,1H3. The first-order valence-corrected chi connectivity index (χ1v) is 5.24. The van der Waals surface area contributed by atoms with E-state index in [1.54, 1.807) is 0 Å². The molecule has 2 rings (SSSR count). The zero-order valence-corrected chi connectivity index (χ0v) is 8.31. The third-order valence-electron chi connectivity index (χ3n) is 3.43. The Bertz CT molecular complexity index is 209. The highest BCUT2D eigenvalue weighted by molar-refractivity contribution is 5.76. The van der Waals surface area contributed by atoms with E-state index < -0.39 is 0 Å². The van der Waals surface area contributed by atoms with Crippen LogP contribution in [-0.4, -0.2) is 37.0 Å². The van der Waals surface area contributed by atoms with E-state index >= 15 is 0 Å². The van der Waals surface area contributed by atoms with E-state index in [1.807, 2.05) is 11.8 Å². The normalized spacial score (nSPS) is 33.2. The number of hydrogen-bond acceptors (Lipinski definition) is 2. The Kier molecular flexibility index (Phi) is 2.28. The van der Waals surface area contributed by atoms with Crippen LogP contribution in [0, 0.1) is 5.41 Å². The van der Waals surface area contributed by atoms with Crippen molar-refractivity contribution in [3.05, 3.63) is 0 Å². The number of likely N-dealkylation sites (tertiary alicyclic amines) is 1. The SMILES string of the molecule is CCC(=O)N1CCC2(CCNC2)C1. The van der Waals surface area contributed by atoms with Crippen LogP contribution in [-0.2, 0) is 4.79 Å². The predicted molar refractivity (Wildman–Crippen MR) is 51.4 cm³/mol. The second-order valence-electron chi connectivity index (χ2n) is 4.35. The van der Waals surface area contributed by atoms with Crippen molar-refractivity contribution in [2.45, 2.75) is 26.2 Å². The first-order valence-electron chi connectivity index (χ1n) is 5.24. The van der Waals surface area contributed by atoms with Gasteiger partial charge in [-0.2, -0.15) is 0 Å². The molecule has 0 aromatic heterocycles. The average Bonchev–Trinajstić information content (AvgIpc) is 2.76. The van der Waals surface area contributed by atoms with Crippen molar-refractivity contribution in [3.8, 4) is 0 Å². The van der Waals surface area contributed by atoms with Crippen molar-refractivity contribution in [3.63, 3.8) is 0 Å². The molecule has 2 heterocycles. The second-order valence-corrected chi connectivity index (χ2v) is 4.35. The van der Waals surface area contributed by atoms with Gasteiger partial charge in [-0.05, 0) is 19.4 Å². The van der Waals surface area contributed by atoms with E-state index in [-0.39, 0.29) is 0 Å². The minimum absolute atomic E-state index is 0.323. The topological polar surface area (TPSA) is 32.3 Å². The van der Waals surface area contributed by atoms with E-state index in [4.69, 9.17) is 0 Å². The summed E-state index contributed by atoms with van der Waals surface area (Å²) in [6, 6.07) is 0. The summed E-state index contributed by atoms with van der Waals surface area (Å²) in [6.07, 6.45) is 3.11. The smallest absolute Gasteiger partial charge is 0.222 e. The zero-order valence-electron chi connectivity index (χ0n) is 8.31. The molecule has 3 nitrogen and oxygen atoms in total. The van der Waals surface area contributed by atoms with Gasteiger partial charge in [-0.25, -0.2) is 0 Å². The molecule has 0 aliphatic carbocycles. The third kappa shape index (κ3) is 1.57. The molecular formula is C10H18N2O. The fraction of sp³-hybridized carbons (Fsp3) is 0.900. The maximum Gasteiger partial charge on any atom is 0.222 e. The number of carbonyl (C=O) groups is 1. The van der Waals surface area contributed by atoms with Crippen LogP contribution < -0.4 is 5.32 Å². The maximum absolute atomic E-state index is 11.5. The van der Waals surface area contributed by atoms with Crippen molar-refractivity contribution in [1.82, 2.24) is 10.2 Å². The van der Waals surface area contributed by atoms with Crippen molar-refractivity contribution in [1.29, 1.82) is 0 Å². The van der Waals surface area contributed by atoms with E-state index in [9.17, 15) is 4.79 Å². The number of amides is 1. The molecule has 2 aliphatic rings. The van der Waals surface area contributed by atoms with Crippen LogP contribution >= 0.6 is 0 Å². The van der Waals surface area contributed by atoms with Crippen LogP contribution in [0.4, 0.5) is 0 Å². The van der Waals surface area contributed by atoms with Crippen LogP contribution in [0.25, 0.3) is 0 Å². The molecular weight excluding hydrogens is 164 g/mol. The first kappa shape index (κ1) is 9.00. The lowest BCUT2D eigenvalue weighted by Gasteiger charge is -2.22. The van der Waals surface area contributed by atoms with Gasteiger partial charge in [0.1, 0.15) is 0 Å². The maximum atomic E-state index is 11.5. The molecule has 3 heteroatoms. The highest BCUT2D eigenvalue weighted by atomic mass is 16.2. The highest BCUT2D eigenvalue weighted by Crippen LogP contribution is 2.35. The van der Waals surface area contributed by atoms with Crippen molar-refractivity contribution in [2.24, 2.45) is 5.41 Å². The van der Waals surface area contributed by atoms with Gasteiger partial charge in [-0.1, -0.05) is 6.92 Å². The summed E-state index contributed by atoms with van der Waals surface area (Å²) in [5, 5.41) is 3.39. The molecule has 1 amide bonds. The molecule has 0 aromatic carbocycles. The number of hydrogen-bond donors (Lipinski definition) is 1. The Morgan fingerprint density at radius 2 is 2.38 bits per heavy atom. The summed E-state index contributed by atoms with van der Waals surface area (Å²) in [6.45, 7) is 6.16. The molecule has 13 heavy (non-hydrogen) atoms. The average molecular weight is 182 g/mol. The molecule has 74 valence electrons. The number of rotatable bonds is 1. The van der Waals surface area contributed by atoms with Gasteiger partial charge in [0.25, 0.3) is 0 Å². The second kappa shape index (κ2) is 3.29. The minimum atomic E-state index is 0.323. The number of nitrogens with one attached hydrogen (secondary N) is 1. The lowest BCUT2D eigenvalue weighted by molar-refractivity contribution is -0.130. The summed E-state index contributed by atoms with van der Waals surface area (Å²) in [4.78, 5) is 13.5. The molecule has 0 bridgehead atoms. The molecule has 2 saturated heterocycles. The summed E-state index contributed by atoms with van der Waals surface area (Å²) in [5.41, 5.74) is 0.435. The summed E-state index contributed by atoms with van der Waals surface area (Å²) in [7, 11) is 0. The quantitative estimate of drug-likeness (QED) is 0.644. The van der Waals surface area contributed by atoms with Crippen LogP contribution in [0.1, 0.15) is 26.2 Å². The fourth-order valence-electron chi connectivity index (χ4n) is 2.52. The van der Waals surface area contributed by atoms with Crippen LogP contribution in [0.15, 0.2) is 0 Å². The van der Waals surface area contributed by atoms with E-state index in [1.165, 1.54) is 12.8 Å². The van der Waals surface area contributed by atoms with Gasteiger partial charge in [0.2, 0.25) is 5.91 Å². The molecule has 0 saturated carbocycles. The highest BCUT2D eigenvalue weighted by Gasteiger charge is 2.41. The van der Waals surface area contributed by atoms with E-state index in [0.717, 1.165) is 26.2 Å². The molecule has 1 spiro atoms. The third-order valence-corrected chi connectivity index (χ3v) is 3.43. The fourth-order valence-corrected chi connectivity index (χ4v) is 2.52. The van der Waals surface area contributed by atoms with Gasteiger partial charge >= 0.3 is 0 Å². The summed E-state index contributed by atoms with van der Waals surface area (Å²) < 4.78 is 0. The van der Waals surface area contributed by atoms with Gasteiger partial charge in [0.15, 0.2) is 0 Å². The number of nitrogens with zero attached hydrogens (tertiary/aromatic N) is 1. The lowest BCUT2D eigenvalue weighted by atomic mass is 9.87. The van der Waals surface area contributed by atoms with E-state index in [0.29, 0.717) is 17.7 Å². The summed E-state index contributed by atoms with van der Waals surface area (Å²) in [5.74, 6) is 0.323. The monoisotopic (exact) mass is 182 g/mol. The van der Waals surface area contributed by atoms with Gasteiger partial charge in [0, 0.05) is 31.5 Å². The minimum Gasteiger partial charge on any atom is -0.342 e. The molecule has 0 radical (unpaired) electrons. The van der Waals surface area contributed by atoms with Crippen LogP contribution in [0.5, 0.6) is 0 Å². The van der Waals surface area contributed by atoms with Crippen LogP contribution in [0.3, 0.4) is 0 Å². The lowest BCUT2D eigenvalue weighted by Crippen LogP contribution is -2.32. The van der Waals surface area contributed by atoms with Gasteiger partial charge in [-0.15, -0.1) is 0 Å². The molecule has 1 unspecified atom stereocenters. The predicted octanol–water partition coefficient (Wildman–Crippen LogP) is 0.608. The van der Waals surface area contributed by atoms with Crippen LogP contribution in [0.2, 0.25) is 0 Å². The van der Waals surface area contributed by atoms with Gasteiger partial charge in [-0.3, -0.25) is 4.79 Å². The Balaban J connectivity index is 1.96. The summed E-state index contributed by atoms with van der Waals surface area (Å²) >= 11 is 0. The van der Waals surface area contributed by atoms with Crippen molar-refractivity contribution in [2.75, 3.05) is 26.2 Å². The largest absolute Gasteiger partial charge is 0.342 e. The first-order chi connectivity index (χ1) is 6.26. The van der Waals surface area contributed by atoms with Crippen molar-refractivity contribution < 1.29 is 4.79 Å². The number of carbonyl (C=O) groups excluding carboxylic acids is 1. The Morgan fingerprint density at radius 3 is 3.00 bits per heavy atom. The Labute approximate surface area is 79.5 Å². The molecule has 2 fully saturated rings. The molecule has 1 N–H and O–H groups in total. The molecule has 2 aliphatic heterocycles.